The van der Waals surface area contributed by atoms with Crippen molar-refractivity contribution in [2.75, 3.05) is 0 Å². The molecule has 2 N–H and O–H groups in total. The minimum atomic E-state index is -0.685. The molecule has 0 aliphatic carbocycles. The maximum Gasteiger partial charge on any atom is 0.254 e. The largest absolute Gasteiger partial charge is 0.489 e. The first kappa shape index (κ1) is 18.4. The van der Waals surface area contributed by atoms with E-state index in [4.69, 9.17) is 14.9 Å². The number of primary amides is 1. The predicted molar refractivity (Wildman–Crippen MR) is 107 cm³/mol. The smallest absolute Gasteiger partial charge is 0.254 e. The molecule has 0 aliphatic heterocycles. The van der Waals surface area contributed by atoms with Crippen LogP contribution in [0.2, 0.25) is 0 Å². The normalized spacial score (nSPS) is 11.6. The molecule has 6 heteroatoms. The zero-order valence-electron chi connectivity index (χ0n) is 15.3. The average Bonchev–Trinajstić information content (AvgIpc) is 2.72. The van der Waals surface area contributed by atoms with Crippen molar-refractivity contribution < 1.29 is 18.3 Å². The summed E-state index contributed by atoms with van der Waals surface area (Å²) in [5.41, 5.74) is 7.41. The van der Waals surface area contributed by atoms with Crippen LogP contribution >= 0.6 is 0 Å². The number of hydrogen-bond acceptors (Lipinski definition) is 4. The van der Waals surface area contributed by atoms with Gasteiger partial charge in [-0.2, -0.15) is 0 Å². The van der Waals surface area contributed by atoms with Crippen LogP contribution in [-0.2, 0) is 6.61 Å². The fourth-order valence-corrected chi connectivity index (χ4v) is 2.85. The van der Waals surface area contributed by atoms with E-state index in [1.807, 2.05) is 30.3 Å². The third-order valence-electron chi connectivity index (χ3n) is 4.27. The van der Waals surface area contributed by atoms with Crippen molar-refractivity contribution in [3.8, 4) is 5.75 Å². The van der Waals surface area contributed by atoms with Crippen molar-refractivity contribution in [2.24, 2.45) is 10.7 Å². The molecule has 5 nitrogen and oxygen atoms in total. The molecule has 0 saturated carbocycles. The zero-order valence-corrected chi connectivity index (χ0v) is 15.3. The molecular weight excluding hydrogens is 371 g/mol. The molecule has 3 aromatic carbocycles. The predicted octanol–water partition coefficient (Wildman–Crippen LogP) is 4.48. The Bertz CT molecular complexity index is 1250. The summed E-state index contributed by atoms with van der Waals surface area (Å²) in [6, 6.07) is 22.3. The number of fused-ring (bicyclic) bond motifs is 1. The molecule has 0 aliphatic rings. The van der Waals surface area contributed by atoms with Gasteiger partial charge in [-0.1, -0.05) is 36.4 Å². The van der Waals surface area contributed by atoms with E-state index in [1.54, 1.807) is 30.3 Å². The fraction of sp³-hybridized carbons (Fsp3) is 0.0435. The van der Waals surface area contributed by atoms with Gasteiger partial charge >= 0.3 is 0 Å². The lowest BCUT2D eigenvalue weighted by Gasteiger charge is -2.08. The van der Waals surface area contributed by atoms with Crippen LogP contribution < -0.4 is 16.0 Å². The Morgan fingerprint density at radius 3 is 2.59 bits per heavy atom. The molecule has 144 valence electrons. The second kappa shape index (κ2) is 7.98. The van der Waals surface area contributed by atoms with E-state index < -0.39 is 11.7 Å². The van der Waals surface area contributed by atoms with Gasteiger partial charge in [-0.25, -0.2) is 9.38 Å². The van der Waals surface area contributed by atoms with E-state index in [-0.39, 0.29) is 11.1 Å². The SMILES string of the molecule is NC(=O)c1cc2ccc(OCc3ccccc3)cc2oc1=Nc1cccc(F)c1. The molecule has 0 atom stereocenters. The van der Waals surface area contributed by atoms with E-state index in [0.717, 1.165) is 5.56 Å². The van der Waals surface area contributed by atoms with Gasteiger partial charge in [0.15, 0.2) is 0 Å². The van der Waals surface area contributed by atoms with Crippen LogP contribution in [0.1, 0.15) is 15.9 Å². The zero-order chi connectivity index (χ0) is 20.2. The summed E-state index contributed by atoms with van der Waals surface area (Å²) in [7, 11) is 0. The fourth-order valence-electron chi connectivity index (χ4n) is 2.85. The Labute approximate surface area is 165 Å². The van der Waals surface area contributed by atoms with E-state index in [2.05, 4.69) is 4.99 Å². The maximum absolute atomic E-state index is 13.5. The van der Waals surface area contributed by atoms with Gasteiger partial charge in [0.05, 0.1) is 5.69 Å². The topological polar surface area (TPSA) is 77.8 Å². The lowest BCUT2D eigenvalue weighted by atomic mass is 10.1. The molecule has 1 heterocycles. The number of nitrogens with two attached hydrogens (primary N) is 1. The monoisotopic (exact) mass is 388 g/mol. The van der Waals surface area contributed by atoms with Crippen molar-refractivity contribution in [3.63, 3.8) is 0 Å². The van der Waals surface area contributed by atoms with E-state index in [0.29, 0.717) is 29.0 Å². The third-order valence-corrected chi connectivity index (χ3v) is 4.27. The number of nitrogens with zero attached hydrogens (tertiary/aromatic N) is 1. The standard InChI is InChI=1S/C23H17FN2O3/c24-17-7-4-8-18(12-17)26-23-20(22(25)27)11-16-9-10-19(13-21(16)29-23)28-14-15-5-2-1-3-6-15/h1-13H,14H2,(H2,25,27). The first-order valence-corrected chi connectivity index (χ1v) is 8.93. The Balaban J connectivity index is 1.74. The number of halogens is 1. The van der Waals surface area contributed by atoms with Crippen molar-refractivity contribution in [1.82, 2.24) is 0 Å². The maximum atomic E-state index is 13.5. The molecule has 4 rings (SSSR count). The summed E-state index contributed by atoms with van der Waals surface area (Å²) >= 11 is 0. The number of carbonyl (C=O) groups is 1. The average molecular weight is 388 g/mol. The van der Waals surface area contributed by atoms with Crippen molar-refractivity contribution in [1.29, 1.82) is 0 Å². The van der Waals surface area contributed by atoms with Gasteiger partial charge in [0.25, 0.3) is 5.91 Å². The van der Waals surface area contributed by atoms with Gasteiger partial charge in [0.2, 0.25) is 5.55 Å². The Morgan fingerprint density at radius 1 is 1.00 bits per heavy atom. The van der Waals surface area contributed by atoms with E-state index >= 15 is 0 Å². The molecule has 1 amide bonds. The van der Waals surface area contributed by atoms with Gasteiger partial charge < -0.3 is 14.9 Å². The lowest BCUT2D eigenvalue weighted by Crippen LogP contribution is -2.21. The van der Waals surface area contributed by atoms with Crippen molar-refractivity contribution in [3.05, 3.63) is 101 Å². The number of hydrogen-bond donors (Lipinski definition) is 1. The van der Waals surface area contributed by atoms with Crippen molar-refractivity contribution in [2.45, 2.75) is 6.61 Å². The van der Waals surface area contributed by atoms with Gasteiger partial charge in [-0.3, -0.25) is 4.79 Å². The van der Waals surface area contributed by atoms with Gasteiger partial charge in [0.1, 0.15) is 29.3 Å². The molecule has 0 saturated heterocycles. The second-order valence-corrected chi connectivity index (χ2v) is 6.40. The summed E-state index contributed by atoms with van der Waals surface area (Å²) in [6.45, 7) is 0.409. The quantitative estimate of drug-likeness (QED) is 0.547. The van der Waals surface area contributed by atoms with Gasteiger partial charge in [-0.15, -0.1) is 0 Å². The molecule has 0 radical (unpaired) electrons. The molecule has 0 bridgehead atoms. The Kier molecular flexibility index (Phi) is 5.07. The molecule has 0 spiro atoms. The minimum absolute atomic E-state index is 0.0100. The minimum Gasteiger partial charge on any atom is -0.489 e. The number of rotatable bonds is 5. The summed E-state index contributed by atoms with van der Waals surface area (Å²) in [6.07, 6.45) is 0. The second-order valence-electron chi connectivity index (χ2n) is 6.40. The van der Waals surface area contributed by atoms with Crippen LogP contribution in [0.4, 0.5) is 10.1 Å². The highest BCUT2D eigenvalue weighted by Crippen LogP contribution is 2.22. The van der Waals surface area contributed by atoms with Crippen LogP contribution in [0.25, 0.3) is 11.0 Å². The van der Waals surface area contributed by atoms with Crippen LogP contribution in [-0.4, -0.2) is 5.91 Å². The summed E-state index contributed by atoms with van der Waals surface area (Å²) in [5.74, 6) is -0.520. The van der Waals surface area contributed by atoms with Crippen LogP contribution in [0.3, 0.4) is 0 Å². The first-order valence-electron chi connectivity index (χ1n) is 8.93. The molecule has 0 fully saturated rings. The highest BCUT2D eigenvalue weighted by atomic mass is 19.1. The summed E-state index contributed by atoms with van der Waals surface area (Å²) < 4.78 is 25.1. The summed E-state index contributed by atoms with van der Waals surface area (Å²) in [4.78, 5) is 16.1. The molecule has 29 heavy (non-hydrogen) atoms. The molecular formula is C23H17FN2O3. The number of carbonyl (C=O) groups excluding carboxylic acids is 1. The third kappa shape index (κ3) is 4.32. The molecule has 0 unspecified atom stereocenters. The van der Waals surface area contributed by atoms with Crippen LogP contribution in [0.15, 0.2) is 88.3 Å². The number of benzene rings is 3. The number of amides is 1. The highest BCUT2D eigenvalue weighted by molar-refractivity contribution is 5.95. The highest BCUT2D eigenvalue weighted by Gasteiger charge is 2.10. The Morgan fingerprint density at radius 2 is 1.83 bits per heavy atom. The first-order chi connectivity index (χ1) is 14.1. The Hall–Kier alpha value is -3.93. The molecule has 4 aromatic rings. The van der Waals surface area contributed by atoms with Crippen LogP contribution in [0, 0.1) is 5.82 Å². The van der Waals surface area contributed by atoms with Gasteiger partial charge in [0, 0.05) is 11.5 Å². The van der Waals surface area contributed by atoms with E-state index in [9.17, 15) is 9.18 Å². The van der Waals surface area contributed by atoms with Gasteiger partial charge in [-0.05, 0) is 42.0 Å². The lowest BCUT2D eigenvalue weighted by molar-refractivity contribution is 0.0996. The molecule has 1 aromatic heterocycles. The van der Waals surface area contributed by atoms with Crippen molar-refractivity contribution >= 4 is 22.6 Å². The summed E-state index contributed by atoms with van der Waals surface area (Å²) in [5, 5.41) is 0.670. The van der Waals surface area contributed by atoms with E-state index in [1.165, 1.54) is 18.2 Å². The van der Waals surface area contributed by atoms with Crippen LogP contribution in [0.5, 0.6) is 5.75 Å². The number of ether oxygens (including phenoxy) is 1.